The molecule has 190 valence electrons. The molecule has 0 atom stereocenters. The molecule has 39 heavy (non-hydrogen) atoms. The van der Waals surface area contributed by atoms with E-state index in [1.54, 1.807) is 11.3 Å². The van der Waals surface area contributed by atoms with Crippen LogP contribution < -0.4 is 0 Å². The number of hydrogen-bond acceptors (Lipinski definition) is 7. The van der Waals surface area contributed by atoms with Gasteiger partial charge in [-0.25, -0.2) is 10.5 Å². The van der Waals surface area contributed by atoms with Crippen molar-refractivity contribution in [1.82, 2.24) is 0 Å². The molecular formula is C30H22N6S3. The molecule has 4 aliphatic carbocycles. The molecule has 6 nitrogen and oxygen atoms in total. The Labute approximate surface area is 238 Å². The lowest BCUT2D eigenvalue weighted by Gasteiger charge is -2.36. The quantitative estimate of drug-likeness (QED) is 0.177. The summed E-state index contributed by atoms with van der Waals surface area (Å²) in [6.07, 6.45) is 13.7. The van der Waals surface area contributed by atoms with Crippen molar-refractivity contribution >= 4 is 75.1 Å². The van der Waals surface area contributed by atoms with Crippen molar-refractivity contribution in [2.24, 2.45) is 15.4 Å². The van der Waals surface area contributed by atoms with E-state index in [4.69, 9.17) is 18.1 Å². The third-order valence-electron chi connectivity index (χ3n) is 8.98. The van der Waals surface area contributed by atoms with Crippen LogP contribution in [0, 0.1) is 41.2 Å². The van der Waals surface area contributed by atoms with Crippen molar-refractivity contribution in [3.05, 3.63) is 56.7 Å². The normalized spacial score (nSPS) is 21.5. The highest BCUT2D eigenvalue weighted by Crippen LogP contribution is 2.70. The Morgan fingerprint density at radius 1 is 0.795 bits per heavy atom. The van der Waals surface area contributed by atoms with Crippen LogP contribution in [0.1, 0.15) is 74.6 Å². The van der Waals surface area contributed by atoms with Gasteiger partial charge in [0.15, 0.2) is 0 Å². The van der Waals surface area contributed by atoms with E-state index in [1.807, 2.05) is 40.9 Å². The smallest absolute Gasteiger partial charge is 0.350 e. The molecule has 0 aromatic carbocycles. The molecule has 0 bridgehead atoms. The zero-order valence-corrected chi connectivity index (χ0v) is 23.6. The summed E-state index contributed by atoms with van der Waals surface area (Å²) in [5.41, 5.74) is 5.07. The van der Waals surface area contributed by atoms with Crippen LogP contribution in [-0.4, -0.2) is 11.7 Å². The van der Waals surface area contributed by atoms with Crippen LogP contribution in [0.25, 0.3) is 34.1 Å². The van der Waals surface area contributed by atoms with Gasteiger partial charge in [0, 0.05) is 16.4 Å². The summed E-state index contributed by atoms with van der Waals surface area (Å²) in [6.45, 7) is 14.7. The van der Waals surface area contributed by atoms with Crippen molar-refractivity contribution in [2.45, 2.75) is 69.6 Å². The molecule has 0 saturated heterocycles. The first-order chi connectivity index (χ1) is 19.1. The lowest BCUT2D eigenvalue weighted by Crippen LogP contribution is -2.28. The van der Waals surface area contributed by atoms with E-state index < -0.39 is 0 Å². The summed E-state index contributed by atoms with van der Waals surface area (Å²) in [5, 5.41) is 19.4. The second-order valence-electron chi connectivity index (χ2n) is 10.8. The average molecular weight is 563 g/mol. The van der Waals surface area contributed by atoms with Gasteiger partial charge in [-0.05, 0) is 48.5 Å². The lowest BCUT2D eigenvalue weighted by atomic mass is 9.67. The molecule has 7 rings (SSSR count). The van der Waals surface area contributed by atoms with E-state index in [1.165, 1.54) is 66.1 Å². The van der Waals surface area contributed by atoms with Crippen LogP contribution in [-0.2, 0) is 5.41 Å². The SMILES string of the molecule is [C-]#[N+]C(C#N)=NC1=CC2=C(c3sc4c(sc5cc(N=C(C#N)[N+]#[C-])sc54)c3C23CCCCC3)C12CCCCC2. The van der Waals surface area contributed by atoms with Crippen molar-refractivity contribution in [3.8, 4) is 12.1 Å². The minimum Gasteiger partial charge on any atom is -0.351 e. The molecule has 0 N–H and O–H groups in total. The first kappa shape index (κ1) is 24.4. The van der Waals surface area contributed by atoms with Crippen LogP contribution in [0.3, 0.4) is 0 Å². The zero-order chi connectivity index (χ0) is 26.8. The number of amidine groups is 2. The van der Waals surface area contributed by atoms with Gasteiger partial charge in [-0.3, -0.25) is 0 Å². The van der Waals surface area contributed by atoms with Gasteiger partial charge in [-0.1, -0.05) is 68.0 Å². The highest BCUT2D eigenvalue weighted by Gasteiger charge is 2.58. The third kappa shape index (κ3) is 3.31. The van der Waals surface area contributed by atoms with Gasteiger partial charge in [0.05, 0.1) is 24.2 Å². The number of fused-ring (bicyclic) bond motifs is 9. The van der Waals surface area contributed by atoms with E-state index in [0.717, 1.165) is 44.2 Å². The fraction of sp³-hybridized carbons (Fsp3) is 0.400. The molecule has 4 aliphatic rings. The molecule has 9 heteroatoms. The summed E-state index contributed by atoms with van der Waals surface area (Å²) in [4.78, 5) is 17.1. The van der Waals surface area contributed by atoms with Crippen LogP contribution in [0.2, 0.25) is 0 Å². The number of rotatable bonds is 2. The Balaban J connectivity index is 1.47. The summed E-state index contributed by atoms with van der Waals surface area (Å²) in [6, 6.07) is 5.91. The maximum Gasteiger partial charge on any atom is 0.350 e. The standard InChI is InChI=1S/C30H22N6S3/c1-33-20(15-31)35-19-13-17-23(30(19)11-7-4-8-12-30)26-24(29(17)9-5-3-6-10-29)27-28(39-26)25-18(37-27)14-22(38-25)36-21(16-32)34-2/h13-14H,3-12H2. The fourth-order valence-electron chi connectivity index (χ4n) is 7.46. The molecule has 0 unspecified atom stereocenters. The molecule has 3 aromatic rings. The summed E-state index contributed by atoms with van der Waals surface area (Å²) >= 11 is 5.29. The Morgan fingerprint density at radius 2 is 1.44 bits per heavy atom. The van der Waals surface area contributed by atoms with Gasteiger partial charge < -0.3 is 9.69 Å². The number of thiophene rings is 3. The van der Waals surface area contributed by atoms with Gasteiger partial charge in [-0.15, -0.1) is 27.7 Å². The molecule has 2 saturated carbocycles. The molecule has 0 amide bonds. The van der Waals surface area contributed by atoms with Gasteiger partial charge in [0.2, 0.25) is 5.00 Å². The Kier molecular flexibility index (Phi) is 5.62. The van der Waals surface area contributed by atoms with Crippen LogP contribution in [0.5, 0.6) is 0 Å². The predicted molar refractivity (Wildman–Crippen MR) is 159 cm³/mol. The third-order valence-corrected chi connectivity index (χ3v) is 12.8. The predicted octanol–water partition coefficient (Wildman–Crippen LogP) is 9.31. The molecular weight excluding hydrogens is 541 g/mol. The van der Waals surface area contributed by atoms with E-state index in [0.29, 0.717) is 5.00 Å². The van der Waals surface area contributed by atoms with Crippen molar-refractivity contribution in [3.63, 3.8) is 0 Å². The minimum absolute atomic E-state index is 0.0279. The monoisotopic (exact) mass is 562 g/mol. The van der Waals surface area contributed by atoms with Gasteiger partial charge >= 0.3 is 11.7 Å². The summed E-state index contributed by atoms with van der Waals surface area (Å²) in [5.74, 6) is -0.202. The Bertz CT molecular complexity index is 1830. The second kappa shape index (κ2) is 8.97. The molecule has 0 aliphatic heterocycles. The highest BCUT2D eigenvalue weighted by atomic mass is 32.1. The lowest BCUT2D eigenvalue weighted by molar-refractivity contribution is 0.322. The molecule has 3 heterocycles. The number of nitrogens with zero attached hydrogens (tertiary/aromatic N) is 6. The van der Waals surface area contributed by atoms with Crippen molar-refractivity contribution < 1.29 is 0 Å². The number of nitriles is 2. The zero-order valence-electron chi connectivity index (χ0n) is 21.1. The Morgan fingerprint density at radius 3 is 2.08 bits per heavy atom. The van der Waals surface area contributed by atoms with Crippen LogP contribution in [0.15, 0.2) is 33.4 Å². The molecule has 2 spiro atoms. The number of allylic oxidation sites excluding steroid dienone is 3. The number of hydrogen-bond donors (Lipinski definition) is 0. The minimum atomic E-state index is -0.218. The maximum absolute atomic E-state index is 9.56. The summed E-state index contributed by atoms with van der Waals surface area (Å²) < 4.78 is 5.06. The van der Waals surface area contributed by atoms with E-state index >= 15 is 0 Å². The van der Waals surface area contributed by atoms with E-state index in [2.05, 4.69) is 20.8 Å². The molecule has 3 aromatic heterocycles. The second-order valence-corrected chi connectivity index (χ2v) is 13.9. The largest absolute Gasteiger partial charge is 0.351 e. The maximum atomic E-state index is 9.56. The first-order valence-electron chi connectivity index (χ1n) is 13.3. The van der Waals surface area contributed by atoms with E-state index in [-0.39, 0.29) is 22.5 Å². The van der Waals surface area contributed by atoms with Crippen molar-refractivity contribution in [1.29, 1.82) is 10.5 Å². The topological polar surface area (TPSA) is 81.0 Å². The summed E-state index contributed by atoms with van der Waals surface area (Å²) in [7, 11) is 0. The van der Waals surface area contributed by atoms with Crippen LogP contribution in [0.4, 0.5) is 5.00 Å². The van der Waals surface area contributed by atoms with Crippen molar-refractivity contribution in [2.75, 3.05) is 0 Å². The first-order valence-corrected chi connectivity index (χ1v) is 15.7. The van der Waals surface area contributed by atoms with Gasteiger partial charge in [-0.2, -0.15) is 0 Å². The van der Waals surface area contributed by atoms with Crippen LogP contribution >= 0.6 is 34.0 Å². The molecule has 0 radical (unpaired) electrons. The van der Waals surface area contributed by atoms with Gasteiger partial charge in [0.25, 0.3) is 0 Å². The van der Waals surface area contributed by atoms with E-state index in [9.17, 15) is 10.5 Å². The Hall–Kier alpha value is -3.60. The number of aliphatic imine (C=N–C) groups is 2. The molecule has 2 fully saturated rings. The van der Waals surface area contributed by atoms with Gasteiger partial charge in [0.1, 0.15) is 17.8 Å². The fourth-order valence-corrected chi connectivity index (χ4v) is 11.9. The highest BCUT2D eigenvalue weighted by molar-refractivity contribution is 7.40. The average Bonchev–Trinajstić information content (AvgIpc) is 3.73.